The molecule has 5 rings (SSSR count). The van der Waals surface area contributed by atoms with Crippen LogP contribution in [-0.4, -0.2) is 45.0 Å². The first-order valence-corrected chi connectivity index (χ1v) is 11.7. The van der Waals surface area contributed by atoms with E-state index in [2.05, 4.69) is 27.3 Å². The van der Waals surface area contributed by atoms with Gasteiger partial charge in [0.15, 0.2) is 0 Å². The molecule has 0 aliphatic rings. The van der Waals surface area contributed by atoms with Crippen molar-refractivity contribution in [3.05, 3.63) is 90.5 Å². The topological polar surface area (TPSA) is 67.6 Å². The highest BCUT2D eigenvalue weighted by atomic mass is 19.1. The smallest absolute Gasteiger partial charge is 0.227 e. The molecule has 0 amide bonds. The molecule has 8 heteroatoms. The minimum atomic E-state index is -0.292. The first-order chi connectivity index (χ1) is 17.5. The van der Waals surface area contributed by atoms with Crippen molar-refractivity contribution in [2.75, 3.05) is 26.0 Å². The van der Waals surface area contributed by atoms with Crippen LogP contribution in [0.3, 0.4) is 0 Å². The Bertz CT molecular complexity index is 1500. The van der Waals surface area contributed by atoms with Gasteiger partial charge in [-0.2, -0.15) is 0 Å². The number of pyridine rings is 1. The lowest BCUT2D eigenvalue weighted by Crippen LogP contribution is -2.10. The molecular weight excluding hydrogens is 455 g/mol. The molecule has 0 saturated carbocycles. The highest BCUT2D eigenvalue weighted by Gasteiger charge is 2.18. The minimum absolute atomic E-state index is 0.292. The van der Waals surface area contributed by atoms with Crippen LogP contribution < -0.4 is 10.1 Å². The molecule has 3 aromatic heterocycles. The van der Waals surface area contributed by atoms with Gasteiger partial charge in [0.1, 0.15) is 17.2 Å². The van der Waals surface area contributed by atoms with Gasteiger partial charge in [0, 0.05) is 36.3 Å². The van der Waals surface area contributed by atoms with Gasteiger partial charge in [-0.05, 0) is 81.2 Å². The highest BCUT2D eigenvalue weighted by Crippen LogP contribution is 2.33. The van der Waals surface area contributed by atoms with Crippen LogP contribution >= 0.6 is 0 Å². The van der Waals surface area contributed by atoms with E-state index in [0.717, 1.165) is 46.1 Å². The number of imidazole rings is 1. The number of hydrogen-bond donors (Lipinski definition) is 1. The van der Waals surface area contributed by atoms with E-state index in [9.17, 15) is 4.39 Å². The maximum absolute atomic E-state index is 13.7. The lowest BCUT2D eigenvalue weighted by atomic mass is 10.1. The fourth-order valence-corrected chi connectivity index (χ4v) is 4.11. The van der Waals surface area contributed by atoms with Gasteiger partial charge in [-0.1, -0.05) is 6.07 Å². The van der Waals surface area contributed by atoms with Crippen LogP contribution in [0, 0.1) is 5.82 Å². The van der Waals surface area contributed by atoms with Crippen molar-refractivity contribution in [2.24, 2.45) is 0 Å². The fourth-order valence-electron chi connectivity index (χ4n) is 4.11. The van der Waals surface area contributed by atoms with Gasteiger partial charge >= 0.3 is 0 Å². The van der Waals surface area contributed by atoms with Gasteiger partial charge in [0.25, 0.3) is 0 Å². The van der Waals surface area contributed by atoms with Gasteiger partial charge in [0.2, 0.25) is 5.95 Å². The first-order valence-electron chi connectivity index (χ1n) is 11.7. The molecule has 7 nitrogen and oxygen atoms in total. The highest BCUT2D eigenvalue weighted by molar-refractivity contribution is 5.81. The van der Waals surface area contributed by atoms with Gasteiger partial charge in [-0.15, -0.1) is 0 Å². The van der Waals surface area contributed by atoms with Gasteiger partial charge < -0.3 is 15.0 Å². The second-order valence-corrected chi connectivity index (χ2v) is 8.67. The molecule has 0 radical (unpaired) electrons. The summed E-state index contributed by atoms with van der Waals surface area (Å²) < 4.78 is 21.3. The summed E-state index contributed by atoms with van der Waals surface area (Å²) in [7, 11) is 4.06. The zero-order valence-electron chi connectivity index (χ0n) is 20.4. The SMILES string of the molecule is CCOc1cccc(Nc2nccc(-c3c(-c4ccc(F)cc4)nc4cc(CN(C)C)ccn34)n2)c1. The zero-order valence-corrected chi connectivity index (χ0v) is 20.4. The Labute approximate surface area is 209 Å². The summed E-state index contributed by atoms with van der Waals surface area (Å²) in [4.78, 5) is 16.3. The van der Waals surface area contributed by atoms with Gasteiger partial charge in [-0.25, -0.2) is 19.3 Å². The Morgan fingerprint density at radius 3 is 2.61 bits per heavy atom. The van der Waals surface area contributed by atoms with Crippen molar-refractivity contribution in [1.29, 1.82) is 0 Å². The van der Waals surface area contributed by atoms with Crippen LogP contribution in [0.1, 0.15) is 12.5 Å². The third kappa shape index (κ3) is 5.04. The molecule has 0 aliphatic carbocycles. The molecule has 0 saturated heterocycles. The molecule has 182 valence electrons. The standard InChI is InChI=1S/C28H27FN6O/c1-4-36-23-7-5-6-22(17-23)31-28-30-14-12-24(32-28)27-26(20-8-10-21(29)11-9-20)33-25-16-19(18-34(2)3)13-15-35(25)27/h5-17H,4,18H2,1-3H3,(H,30,31,32). The Kier molecular flexibility index (Phi) is 6.60. The number of halogens is 1. The van der Waals surface area contributed by atoms with E-state index in [1.165, 1.54) is 12.1 Å². The van der Waals surface area contributed by atoms with E-state index in [4.69, 9.17) is 14.7 Å². The summed E-state index contributed by atoms with van der Waals surface area (Å²) in [6, 6.07) is 20.0. The van der Waals surface area contributed by atoms with E-state index in [1.807, 2.05) is 61.9 Å². The second-order valence-electron chi connectivity index (χ2n) is 8.67. The Balaban J connectivity index is 1.59. The molecule has 2 aromatic carbocycles. The number of fused-ring (bicyclic) bond motifs is 1. The van der Waals surface area contributed by atoms with E-state index in [1.54, 1.807) is 18.3 Å². The van der Waals surface area contributed by atoms with Crippen molar-refractivity contribution in [3.63, 3.8) is 0 Å². The van der Waals surface area contributed by atoms with Crippen molar-refractivity contribution in [3.8, 4) is 28.4 Å². The van der Waals surface area contributed by atoms with Crippen LogP contribution in [-0.2, 0) is 6.54 Å². The molecule has 5 aromatic rings. The number of rotatable bonds is 8. The molecule has 3 heterocycles. The number of nitrogens with zero attached hydrogens (tertiary/aromatic N) is 5. The number of ether oxygens (including phenoxy) is 1. The summed E-state index contributed by atoms with van der Waals surface area (Å²) in [6.07, 6.45) is 3.72. The number of benzene rings is 2. The third-order valence-electron chi connectivity index (χ3n) is 5.61. The average Bonchev–Trinajstić information content (AvgIpc) is 3.23. The van der Waals surface area contributed by atoms with E-state index in [0.29, 0.717) is 18.2 Å². The average molecular weight is 483 g/mol. The number of nitrogens with one attached hydrogen (secondary N) is 1. The normalized spacial score (nSPS) is 11.2. The third-order valence-corrected chi connectivity index (χ3v) is 5.61. The summed E-state index contributed by atoms with van der Waals surface area (Å²) in [5.41, 5.74) is 5.79. The van der Waals surface area contributed by atoms with Crippen LogP contribution in [0.25, 0.3) is 28.3 Å². The van der Waals surface area contributed by atoms with Crippen molar-refractivity contribution in [1.82, 2.24) is 24.3 Å². The maximum atomic E-state index is 13.7. The van der Waals surface area contributed by atoms with Gasteiger partial charge in [0.05, 0.1) is 23.7 Å². The van der Waals surface area contributed by atoms with Crippen LogP contribution in [0.15, 0.2) is 79.1 Å². The first kappa shape index (κ1) is 23.4. The Hall–Kier alpha value is -4.30. The number of anilines is 2. The van der Waals surface area contributed by atoms with E-state index >= 15 is 0 Å². The molecular formula is C28H27FN6O. The predicted molar refractivity (Wildman–Crippen MR) is 140 cm³/mol. The second kappa shape index (κ2) is 10.1. The molecule has 0 fully saturated rings. The monoisotopic (exact) mass is 482 g/mol. The summed E-state index contributed by atoms with van der Waals surface area (Å²) >= 11 is 0. The minimum Gasteiger partial charge on any atom is -0.494 e. The lowest BCUT2D eigenvalue weighted by Gasteiger charge is -2.11. The fraction of sp³-hybridized carbons (Fsp3) is 0.179. The van der Waals surface area contributed by atoms with Crippen molar-refractivity contribution in [2.45, 2.75) is 13.5 Å². The summed E-state index contributed by atoms with van der Waals surface area (Å²) in [5.74, 6) is 0.929. The molecule has 0 unspecified atom stereocenters. The quantitative estimate of drug-likeness (QED) is 0.301. The summed E-state index contributed by atoms with van der Waals surface area (Å²) in [6.45, 7) is 3.34. The predicted octanol–water partition coefficient (Wildman–Crippen LogP) is 5.80. The van der Waals surface area contributed by atoms with Crippen LogP contribution in [0.2, 0.25) is 0 Å². The molecule has 0 bridgehead atoms. The van der Waals surface area contributed by atoms with Crippen LogP contribution in [0.5, 0.6) is 5.75 Å². The van der Waals surface area contributed by atoms with Crippen molar-refractivity contribution >= 4 is 17.3 Å². The van der Waals surface area contributed by atoms with E-state index in [-0.39, 0.29) is 5.82 Å². The molecule has 36 heavy (non-hydrogen) atoms. The molecule has 0 spiro atoms. The lowest BCUT2D eigenvalue weighted by molar-refractivity contribution is 0.340. The number of hydrogen-bond acceptors (Lipinski definition) is 6. The number of aromatic nitrogens is 4. The Morgan fingerprint density at radius 1 is 1.00 bits per heavy atom. The van der Waals surface area contributed by atoms with Crippen molar-refractivity contribution < 1.29 is 9.13 Å². The van der Waals surface area contributed by atoms with Gasteiger partial charge in [-0.3, -0.25) is 4.40 Å². The largest absolute Gasteiger partial charge is 0.494 e. The molecule has 0 atom stereocenters. The van der Waals surface area contributed by atoms with E-state index < -0.39 is 0 Å². The molecule has 1 N–H and O–H groups in total. The van der Waals surface area contributed by atoms with Crippen LogP contribution in [0.4, 0.5) is 16.0 Å². The Morgan fingerprint density at radius 2 is 1.83 bits per heavy atom. The summed E-state index contributed by atoms with van der Waals surface area (Å²) in [5, 5.41) is 3.26. The molecule has 0 aliphatic heterocycles. The maximum Gasteiger partial charge on any atom is 0.227 e. The zero-order chi connectivity index (χ0) is 25.1.